The fourth-order valence-electron chi connectivity index (χ4n) is 2.76. The molecule has 1 saturated carbocycles. The molecule has 0 aliphatic heterocycles. The summed E-state index contributed by atoms with van der Waals surface area (Å²) in [5.41, 5.74) is 1.33. The summed E-state index contributed by atoms with van der Waals surface area (Å²) in [6.07, 6.45) is 9.09. The van der Waals surface area contributed by atoms with Crippen LogP contribution in [-0.4, -0.2) is 19.0 Å². The molecule has 19 heavy (non-hydrogen) atoms. The molecule has 0 aromatic heterocycles. The third-order valence-electron chi connectivity index (χ3n) is 3.99. The largest absolute Gasteiger partial charge is 0.378 e. The molecule has 1 aliphatic carbocycles. The van der Waals surface area contributed by atoms with E-state index in [0.717, 1.165) is 45.0 Å². The Balaban J connectivity index is 1.71. The van der Waals surface area contributed by atoms with E-state index in [1.807, 2.05) is 6.07 Å². The van der Waals surface area contributed by atoms with Crippen LogP contribution in [0.5, 0.6) is 0 Å². The highest BCUT2D eigenvalue weighted by Gasteiger charge is 2.17. The van der Waals surface area contributed by atoms with Crippen molar-refractivity contribution in [3.63, 3.8) is 0 Å². The quantitative estimate of drug-likeness (QED) is 0.753. The highest BCUT2D eigenvalue weighted by Crippen LogP contribution is 2.23. The van der Waals surface area contributed by atoms with Crippen LogP contribution in [0.3, 0.4) is 0 Å². The summed E-state index contributed by atoms with van der Waals surface area (Å²) in [5, 5.41) is 0. The molecule has 0 amide bonds. The van der Waals surface area contributed by atoms with Crippen molar-refractivity contribution in [2.45, 2.75) is 51.0 Å². The molecular weight excluding hydrogens is 236 g/mol. The van der Waals surface area contributed by atoms with Gasteiger partial charge in [-0.3, -0.25) is 0 Å². The third-order valence-corrected chi connectivity index (χ3v) is 3.99. The first-order valence-electron chi connectivity index (χ1n) is 7.49. The first kappa shape index (κ1) is 14.3. The molecule has 1 fully saturated rings. The van der Waals surface area contributed by atoms with Crippen LogP contribution >= 0.6 is 0 Å². The number of benzene rings is 1. The molecule has 2 rings (SSSR count). The van der Waals surface area contributed by atoms with Crippen molar-refractivity contribution in [2.24, 2.45) is 5.92 Å². The topological polar surface area (TPSA) is 26.3 Å². The van der Waals surface area contributed by atoms with E-state index in [0.29, 0.717) is 6.10 Å². The van der Waals surface area contributed by atoms with E-state index >= 15 is 0 Å². The highest BCUT2D eigenvalue weighted by atomic mass is 16.5. The lowest BCUT2D eigenvalue weighted by Gasteiger charge is -2.22. The lowest BCUT2D eigenvalue weighted by atomic mass is 9.91. The number of aldehydes is 1. The molecule has 0 N–H and O–H groups in total. The minimum absolute atomic E-state index is 0.264. The number of rotatable bonds is 5. The molecule has 0 saturated heterocycles. The van der Waals surface area contributed by atoms with E-state index in [2.05, 4.69) is 24.3 Å². The Morgan fingerprint density at radius 2 is 1.84 bits per heavy atom. The molecule has 2 heteroatoms. The van der Waals surface area contributed by atoms with Crippen molar-refractivity contribution in [1.29, 1.82) is 0 Å². The van der Waals surface area contributed by atoms with Crippen LogP contribution in [0.4, 0.5) is 0 Å². The van der Waals surface area contributed by atoms with Gasteiger partial charge in [0, 0.05) is 5.92 Å². The number of ether oxygens (including phenoxy) is 1. The molecule has 1 aromatic rings. The molecule has 104 valence electrons. The van der Waals surface area contributed by atoms with Crippen molar-refractivity contribution >= 4 is 6.29 Å². The maximum Gasteiger partial charge on any atom is 0.123 e. The average Bonchev–Trinajstić information content (AvgIpc) is 2.43. The number of hydrogen-bond acceptors (Lipinski definition) is 2. The van der Waals surface area contributed by atoms with Crippen LogP contribution in [-0.2, 0) is 16.0 Å². The zero-order valence-electron chi connectivity index (χ0n) is 11.6. The van der Waals surface area contributed by atoms with E-state index in [-0.39, 0.29) is 5.92 Å². The maximum absolute atomic E-state index is 10.9. The molecule has 0 radical (unpaired) electrons. The van der Waals surface area contributed by atoms with E-state index < -0.39 is 0 Å². The standard InChI is InChI=1S/C17H24O2/c18-14-16-8-4-5-9-17(11-10-16)19-13-12-15-6-2-1-3-7-15/h1-3,6-7,14,16-17H,4-5,8-13H2/t16-,17+/m0/s1. The van der Waals surface area contributed by atoms with Gasteiger partial charge in [0.15, 0.2) is 0 Å². The van der Waals surface area contributed by atoms with Gasteiger partial charge in [0.1, 0.15) is 6.29 Å². The predicted molar refractivity (Wildman–Crippen MR) is 77.1 cm³/mol. The van der Waals surface area contributed by atoms with Gasteiger partial charge in [0.05, 0.1) is 12.7 Å². The number of hydrogen-bond donors (Lipinski definition) is 0. The monoisotopic (exact) mass is 260 g/mol. The van der Waals surface area contributed by atoms with Gasteiger partial charge in [-0.25, -0.2) is 0 Å². The summed E-state index contributed by atoms with van der Waals surface area (Å²) in [4.78, 5) is 10.9. The Hall–Kier alpha value is -1.15. The summed E-state index contributed by atoms with van der Waals surface area (Å²) in [6.45, 7) is 0.792. The lowest BCUT2D eigenvalue weighted by molar-refractivity contribution is -0.111. The summed E-state index contributed by atoms with van der Waals surface area (Å²) in [7, 11) is 0. The summed E-state index contributed by atoms with van der Waals surface area (Å²) in [6, 6.07) is 10.5. The SMILES string of the molecule is O=C[C@H]1CCCC[C@@H](OCCc2ccccc2)CC1. The molecule has 2 atom stereocenters. The second-order valence-electron chi connectivity index (χ2n) is 5.49. The average molecular weight is 260 g/mol. The van der Waals surface area contributed by atoms with E-state index in [1.165, 1.54) is 18.4 Å². The lowest BCUT2D eigenvalue weighted by Crippen LogP contribution is -2.19. The maximum atomic E-state index is 10.9. The fourth-order valence-corrected chi connectivity index (χ4v) is 2.76. The highest BCUT2D eigenvalue weighted by molar-refractivity contribution is 5.53. The summed E-state index contributed by atoms with van der Waals surface area (Å²) >= 11 is 0. The normalized spacial score (nSPS) is 24.4. The van der Waals surface area contributed by atoms with Crippen LogP contribution in [0.2, 0.25) is 0 Å². The summed E-state index contributed by atoms with van der Waals surface area (Å²) < 4.78 is 6.00. The second-order valence-corrected chi connectivity index (χ2v) is 5.49. The molecule has 2 nitrogen and oxygen atoms in total. The Morgan fingerprint density at radius 3 is 2.63 bits per heavy atom. The minimum atomic E-state index is 0.264. The molecule has 0 heterocycles. The number of carbonyl (C=O) groups is 1. The zero-order valence-corrected chi connectivity index (χ0v) is 11.6. The van der Waals surface area contributed by atoms with Gasteiger partial charge in [-0.15, -0.1) is 0 Å². The van der Waals surface area contributed by atoms with Crippen LogP contribution in [0, 0.1) is 5.92 Å². The molecule has 1 aromatic carbocycles. The zero-order chi connectivity index (χ0) is 13.3. The molecule has 1 aliphatic rings. The molecular formula is C17H24O2. The fraction of sp³-hybridized carbons (Fsp3) is 0.588. The Morgan fingerprint density at radius 1 is 1.05 bits per heavy atom. The second kappa shape index (κ2) is 8.11. The van der Waals surface area contributed by atoms with Gasteiger partial charge in [-0.05, 0) is 37.7 Å². The van der Waals surface area contributed by atoms with Crippen LogP contribution < -0.4 is 0 Å². The van der Waals surface area contributed by atoms with Gasteiger partial charge in [0.2, 0.25) is 0 Å². The van der Waals surface area contributed by atoms with Crippen LogP contribution in [0.1, 0.15) is 44.1 Å². The Labute approximate surface area is 116 Å². The molecule has 0 bridgehead atoms. The van der Waals surface area contributed by atoms with Gasteiger partial charge in [-0.1, -0.05) is 43.2 Å². The van der Waals surface area contributed by atoms with Crippen molar-refractivity contribution in [2.75, 3.05) is 6.61 Å². The minimum Gasteiger partial charge on any atom is -0.378 e. The van der Waals surface area contributed by atoms with Crippen molar-refractivity contribution < 1.29 is 9.53 Å². The van der Waals surface area contributed by atoms with E-state index in [4.69, 9.17) is 4.74 Å². The number of carbonyl (C=O) groups excluding carboxylic acids is 1. The first-order chi connectivity index (χ1) is 9.38. The van der Waals surface area contributed by atoms with Gasteiger partial charge < -0.3 is 9.53 Å². The molecule has 0 unspecified atom stereocenters. The Bertz CT molecular complexity index is 361. The van der Waals surface area contributed by atoms with Crippen LogP contribution in [0.25, 0.3) is 0 Å². The van der Waals surface area contributed by atoms with Crippen molar-refractivity contribution in [1.82, 2.24) is 0 Å². The predicted octanol–water partition coefficient (Wildman–Crippen LogP) is 3.78. The van der Waals surface area contributed by atoms with E-state index in [9.17, 15) is 4.79 Å². The third kappa shape index (κ3) is 5.15. The van der Waals surface area contributed by atoms with Gasteiger partial charge in [0.25, 0.3) is 0 Å². The van der Waals surface area contributed by atoms with Crippen LogP contribution in [0.15, 0.2) is 30.3 Å². The smallest absolute Gasteiger partial charge is 0.123 e. The molecule has 0 spiro atoms. The van der Waals surface area contributed by atoms with Gasteiger partial charge in [-0.2, -0.15) is 0 Å². The summed E-state index contributed by atoms with van der Waals surface area (Å²) in [5.74, 6) is 0.264. The van der Waals surface area contributed by atoms with Gasteiger partial charge >= 0.3 is 0 Å². The first-order valence-corrected chi connectivity index (χ1v) is 7.49. The van der Waals surface area contributed by atoms with Crippen molar-refractivity contribution in [3.05, 3.63) is 35.9 Å². The van der Waals surface area contributed by atoms with E-state index in [1.54, 1.807) is 0 Å². The Kier molecular flexibility index (Phi) is 6.09. The van der Waals surface area contributed by atoms with Crippen molar-refractivity contribution in [3.8, 4) is 0 Å².